The van der Waals surface area contributed by atoms with Gasteiger partial charge >= 0.3 is 17.9 Å². The number of hydrogen-bond acceptors (Lipinski definition) is 6. The standard InChI is InChI=1S/C68H124O6/c1-4-7-10-13-16-19-22-25-28-30-31-32-33-34-35-36-37-39-40-43-46-49-52-55-58-61-67(70)73-64-65(63-72-66(69)60-57-54-51-48-45-42-27-24-21-18-15-12-9-6-3)74-68(71)62-59-56-53-50-47-44-41-38-29-26-23-20-17-14-11-8-5-2/h15,17-18,20,24,26-27,29,65H,4-14,16,19,21-23,25,28,30-64H2,1-3H3/b18-15-,20-17-,27-24-,29-26-. The number of carbonyl (C=O) groups is 3. The molecular weight excluding hydrogens is 913 g/mol. The van der Waals surface area contributed by atoms with E-state index in [1.165, 1.54) is 218 Å². The molecule has 6 heteroatoms. The van der Waals surface area contributed by atoms with Gasteiger partial charge in [0.05, 0.1) is 0 Å². The first-order valence-electron chi connectivity index (χ1n) is 32.6. The Bertz CT molecular complexity index is 1280. The molecule has 0 saturated carbocycles. The summed E-state index contributed by atoms with van der Waals surface area (Å²) in [7, 11) is 0. The van der Waals surface area contributed by atoms with Crippen molar-refractivity contribution in [1.29, 1.82) is 0 Å². The molecule has 0 spiro atoms. The van der Waals surface area contributed by atoms with Crippen molar-refractivity contribution < 1.29 is 28.6 Å². The summed E-state index contributed by atoms with van der Waals surface area (Å²) in [6.45, 7) is 6.61. The van der Waals surface area contributed by atoms with Gasteiger partial charge in [-0.15, -0.1) is 0 Å². The first kappa shape index (κ1) is 71.4. The number of ether oxygens (including phenoxy) is 3. The van der Waals surface area contributed by atoms with Gasteiger partial charge in [-0.1, -0.05) is 301 Å². The lowest BCUT2D eigenvalue weighted by molar-refractivity contribution is -0.167. The van der Waals surface area contributed by atoms with Gasteiger partial charge in [0.15, 0.2) is 6.10 Å². The highest BCUT2D eigenvalue weighted by Crippen LogP contribution is 2.18. The molecular formula is C68H124O6. The quantitative estimate of drug-likeness (QED) is 0.0261. The molecule has 0 fully saturated rings. The van der Waals surface area contributed by atoms with E-state index < -0.39 is 6.10 Å². The van der Waals surface area contributed by atoms with Gasteiger partial charge in [0.2, 0.25) is 0 Å². The minimum atomic E-state index is -0.782. The Labute approximate surface area is 460 Å². The second kappa shape index (κ2) is 62.9. The van der Waals surface area contributed by atoms with Gasteiger partial charge in [0.25, 0.3) is 0 Å². The highest BCUT2D eigenvalue weighted by Gasteiger charge is 2.19. The van der Waals surface area contributed by atoms with Crippen LogP contribution in [-0.4, -0.2) is 37.2 Å². The molecule has 0 N–H and O–H groups in total. The van der Waals surface area contributed by atoms with E-state index in [1.54, 1.807) is 0 Å². The maximum atomic E-state index is 12.9. The van der Waals surface area contributed by atoms with Gasteiger partial charge < -0.3 is 14.2 Å². The lowest BCUT2D eigenvalue weighted by atomic mass is 10.0. The van der Waals surface area contributed by atoms with Crippen LogP contribution in [0.25, 0.3) is 0 Å². The van der Waals surface area contributed by atoms with Crippen LogP contribution in [0.5, 0.6) is 0 Å². The first-order chi connectivity index (χ1) is 36.5. The fourth-order valence-electron chi connectivity index (χ4n) is 9.61. The molecule has 0 aliphatic rings. The number of rotatable bonds is 60. The highest BCUT2D eigenvalue weighted by atomic mass is 16.6. The van der Waals surface area contributed by atoms with Gasteiger partial charge in [0.1, 0.15) is 13.2 Å². The first-order valence-corrected chi connectivity index (χ1v) is 32.6. The van der Waals surface area contributed by atoms with Crippen LogP contribution < -0.4 is 0 Å². The Balaban J connectivity index is 4.26. The van der Waals surface area contributed by atoms with E-state index in [1.807, 2.05) is 0 Å². The number of unbranched alkanes of at least 4 members (excludes halogenated alkanes) is 41. The zero-order valence-electron chi connectivity index (χ0n) is 49.6. The molecule has 0 amide bonds. The van der Waals surface area contributed by atoms with Gasteiger partial charge in [0, 0.05) is 19.3 Å². The highest BCUT2D eigenvalue weighted by molar-refractivity contribution is 5.71. The van der Waals surface area contributed by atoms with Crippen LogP contribution in [-0.2, 0) is 28.6 Å². The van der Waals surface area contributed by atoms with Crippen LogP contribution in [0.3, 0.4) is 0 Å². The molecule has 1 atom stereocenters. The van der Waals surface area contributed by atoms with Crippen molar-refractivity contribution in [2.75, 3.05) is 13.2 Å². The van der Waals surface area contributed by atoms with E-state index >= 15 is 0 Å². The van der Waals surface area contributed by atoms with Crippen LogP contribution in [0.1, 0.15) is 348 Å². The smallest absolute Gasteiger partial charge is 0.306 e. The fraction of sp³-hybridized carbons (Fsp3) is 0.838. The molecule has 0 aromatic heterocycles. The number of hydrogen-bond donors (Lipinski definition) is 0. The topological polar surface area (TPSA) is 78.9 Å². The second-order valence-corrected chi connectivity index (χ2v) is 22.0. The molecule has 6 nitrogen and oxygen atoms in total. The Morgan fingerprint density at radius 3 is 0.811 bits per heavy atom. The van der Waals surface area contributed by atoms with Crippen LogP contribution in [0, 0.1) is 0 Å². The second-order valence-electron chi connectivity index (χ2n) is 22.0. The normalized spacial score (nSPS) is 12.3. The monoisotopic (exact) mass is 1040 g/mol. The zero-order valence-corrected chi connectivity index (χ0v) is 49.6. The lowest BCUT2D eigenvalue weighted by Crippen LogP contribution is -2.30. The summed E-state index contributed by atoms with van der Waals surface area (Å²) in [4.78, 5) is 38.3. The summed E-state index contributed by atoms with van der Waals surface area (Å²) in [5, 5.41) is 0. The number of allylic oxidation sites excluding steroid dienone is 8. The number of carbonyl (C=O) groups excluding carboxylic acids is 3. The molecule has 74 heavy (non-hydrogen) atoms. The van der Waals surface area contributed by atoms with Gasteiger partial charge in [-0.2, -0.15) is 0 Å². The third kappa shape index (κ3) is 60.2. The molecule has 0 aromatic carbocycles. The maximum Gasteiger partial charge on any atom is 0.306 e. The summed E-state index contributed by atoms with van der Waals surface area (Å²) in [5.74, 6) is -0.880. The lowest BCUT2D eigenvalue weighted by Gasteiger charge is -2.18. The van der Waals surface area contributed by atoms with Crippen molar-refractivity contribution in [1.82, 2.24) is 0 Å². The van der Waals surface area contributed by atoms with E-state index in [9.17, 15) is 14.4 Å². The minimum Gasteiger partial charge on any atom is -0.462 e. The molecule has 0 radical (unpaired) electrons. The molecule has 432 valence electrons. The predicted molar refractivity (Wildman–Crippen MR) is 321 cm³/mol. The summed E-state index contributed by atoms with van der Waals surface area (Å²) in [6, 6.07) is 0. The fourth-order valence-corrected chi connectivity index (χ4v) is 9.61. The average molecular weight is 1040 g/mol. The SMILES string of the molecule is CCCC/C=C\C/C=C\CCCCCCCC(=O)OCC(COC(=O)CCCCCCCCCCCCCCCCCCCCCCCCCCC)OC(=O)CCCCCCCCC/C=C\C/C=C\CCCCC. The Morgan fingerprint density at radius 2 is 0.500 bits per heavy atom. The van der Waals surface area contributed by atoms with E-state index in [4.69, 9.17) is 14.2 Å². The Morgan fingerprint density at radius 1 is 0.270 bits per heavy atom. The summed E-state index contributed by atoms with van der Waals surface area (Å²) >= 11 is 0. The minimum absolute atomic E-state index is 0.0776. The largest absolute Gasteiger partial charge is 0.462 e. The van der Waals surface area contributed by atoms with Crippen LogP contribution >= 0.6 is 0 Å². The van der Waals surface area contributed by atoms with Gasteiger partial charge in [-0.05, 0) is 77.0 Å². The Hall–Kier alpha value is -2.63. The molecule has 1 unspecified atom stereocenters. The molecule has 0 rings (SSSR count). The van der Waals surface area contributed by atoms with E-state index in [2.05, 4.69) is 69.4 Å². The van der Waals surface area contributed by atoms with E-state index in [0.29, 0.717) is 19.3 Å². The maximum absolute atomic E-state index is 12.9. The molecule has 0 aliphatic heterocycles. The van der Waals surface area contributed by atoms with Gasteiger partial charge in [-0.3, -0.25) is 14.4 Å². The van der Waals surface area contributed by atoms with E-state index in [-0.39, 0.29) is 31.1 Å². The summed E-state index contributed by atoms with van der Waals surface area (Å²) < 4.78 is 16.9. The molecule has 0 aliphatic carbocycles. The molecule has 0 bridgehead atoms. The summed E-state index contributed by atoms with van der Waals surface area (Å²) in [5.41, 5.74) is 0. The molecule has 0 saturated heterocycles. The Kier molecular flexibility index (Phi) is 60.7. The van der Waals surface area contributed by atoms with E-state index in [0.717, 1.165) is 89.9 Å². The molecule has 0 heterocycles. The van der Waals surface area contributed by atoms with Crippen LogP contribution in [0.2, 0.25) is 0 Å². The summed E-state index contributed by atoms with van der Waals surface area (Å²) in [6.07, 6.45) is 78.4. The third-order valence-corrected chi connectivity index (χ3v) is 14.6. The van der Waals surface area contributed by atoms with Crippen LogP contribution in [0.4, 0.5) is 0 Å². The third-order valence-electron chi connectivity index (χ3n) is 14.6. The van der Waals surface area contributed by atoms with Gasteiger partial charge in [-0.25, -0.2) is 0 Å². The van der Waals surface area contributed by atoms with Crippen molar-refractivity contribution in [2.24, 2.45) is 0 Å². The average Bonchev–Trinajstić information content (AvgIpc) is 3.40. The van der Waals surface area contributed by atoms with Crippen LogP contribution in [0.15, 0.2) is 48.6 Å². The van der Waals surface area contributed by atoms with Crippen molar-refractivity contribution in [3.63, 3.8) is 0 Å². The van der Waals surface area contributed by atoms with Crippen molar-refractivity contribution >= 4 is 17.9 Å². The predicted octanol–water partition coefficient (Wildman–Crippen LogP) is 22.2. The van der Waals surface area contributed by atoms with Crippen molar-refractivity contribution in [3.8, 4) is 0 Å². The van der Waals surface area contributed by atoms with Crippen molar-refractivity contribution in [3.05, 3.63) is 48.6 Å². The zero-order chi connectivity index (χ0) is 53.6. The number of esters is 3. The van der Waals surface area contributed by atoms with Crippen molar-refractivity contribution in [2.45, 2.75) is 354 Å². The molecule has 0 aromatic rings.